The normalized spacial score (nSPS) is 12.3. The molecule has 0 unspecified atom stereocenters. The van der Waals surface area contributed by atoms with Crippen LogP contribution in [0.4, 0.5) is 0 Å². The van der Waals surface area contributed by atoms with Crippen LogP contribution < -0.4 is 10.1 Å². The minimum atomic E-state index is -0.589. The molecule has 0 aromatic heterocycles. The van der Waals surface area contributed by atoms with E-state index in [9.17, 15) is 9.59 Å². The van der Waals surface area contributed by atoms with E-state index in [2.05, 4.69) is 5.32 Å². The van der Waals surface area contributed by atoms with Gasteiger partial charge in [-0.3, -0.25) is 9.59 Å². The van der Waals surface area contributed by atoms with Gasteiger partial charge in [0, 0.05) is 17.5 Å². The van der Waals surface area contributed by atoms with Crippen LogP contribution in [-0.2, 0) is 16.1 Å². The number of rotatable bonds is 8. The Morgan fingerprint density at radius 3 is 2.39 bits per heavy atom. The van der Waals surface area contributed by atoms with Gasteiger partial charge in [-0.1, -0.05) is 73.2 Å². The molecule has 0 aliphatic carbocycles. The summed E-state index contributed by atoms with van der Waals surface area (Å²) in [7, 11) is 0. The summed E-state index contributed by atoms with van der Waals surface area (Å²) in [6.07, 6.45) is 0.508. The molecule has 0 spiro atoms. The third-order valence-corrected chi connectivity index (χ3v) is 5.42. The van der Waals surface area contributed by atoms with Gasteiger partial charge in [-0.05, 0) is 51.1 Å². The van der Waals surface area contributed by atoms with Crippen LogP contribution in [0.15, 0.2) is 66.7 Å². The minimum Gasteiger partial charge on any atom is -0.483 e. The number of ether oxygens (including phenoxy) is 1. The predicted octanol–water partition coefficient (Wildman–Crippen LogP) is 5.25. The van der Waals surface area contributed by atoms with Gasteiger partial charge >= 0.3 is 0 Å². The van der Waals surface area contributed by atoms with Gasteiger partial charge in [0.15, 0.2) is 6.61 Å². The number of nitrogens with one attached hydrogen (secondary N) is 1. The van der Waals surface area contributed by atoms with E-state index in [-0.39, 0.29) is 24.0 Å². The molecular formula is C28H34N2O3. The van der Waals surface area contributed by atoms with Gasteiger partial charge in [-0.15, -0.1) is 0 Å². The van der Waals surface area contributed by atoms with Crippen molar-refractivity contribution in [2.24, 2.45) is 0 Å². The first-order valence-corrected chi connectivity index (χ1v) is 11.5. The van der Waals surface area contributed by atoms with E-state index >= 15 is 0 Å². The van der Waals surface area contributed by atoms with Gasteiger partial charge < -0.3 is 15.0 Å². The zero-order valence-corrected chi connectivity index (χ0v) is 20.2. The molecule has 174 valence electrons. The van der Waals surface area contributed by atoms with Crippen LogP contribution in [0.3, 0.4) is 0 Å². The summed E-state index contributed by atoms with van der Waals surface area (Å²) in [6, 6.07) is 21.1. The Labute approximate surface area is 196 Å². The van der Waals surface area contributed by atoms with E-state index in [1.807, 2.05) is 101 Å². The first kappa shape index (κ1) is 24.3. The number of hydrogen-bond acceptors (Lipinski definition) is 3. The summed E-state index contributed by atoms with van der Waals surface area (Å²) in [5.41, 5.74) is 1.71. The molecule has 5 nitrogen and oxygen atoms in total. The van der Waals surface area contributed by atoms with Crippen molar-refractivity contribution in [3.8, 4) is 5.75 Å². The Kier molecular flexibility index (Phi) is 7.75. The summed E-state index contributed by atoms with van der Waals surface area (Å²) in [5, 5.41) is 5.03. The van der Waals surface area contributed by atoms with Crippen LogP contribution in [0.2, 0.25) is 0 Å². The maximum Gasteiger partial charge on any atom is 0.261 e. The highest BCUT2D eigenvalue weighted by molar-refractivity contribution is 5.90. The fourth-order valence-electron chi connectivity index (χ4n) is 3.92. The Morgan fingerprint density at radius 2 is 1.70 bits per heavy atom. The van der Waals surface area contributed by atoms with E-state index in [0.29, 0.717) is 18.7 Å². The monoisotopic (exact) mass is 446 g/mol. The summed E-state index contributed by atoms with van der Waals surface area (Å²) in [6.45, 7) is 9.96. The van der Waals surface area contributed by atoms with Crippen molar-refractivity contribution in [3.63, 3.8) is 0 Å². The lowest BCUT2D eigenvalue weighted by molar-refractivity contribution is -0.143. The van der Waals surface area contributed by atoms with Crippen molar-refractivity contribution >= 4 is 22.6 Å². The van der Waals surface area contributed by atoms with Gasteiger partial charge in [0.25, 0.3) is 5.91 Å². The zero-order valence-electron chi connectivity index (χ0n) is 20.2. The summed E-state index contributed by atoms with van der Waals surface area (Å²) >= 11 is 0. The molecule has 5 heteroatoms. The first-order chi connectivity index (χ1) is 15.7. The maximum atomic E-state index is 13.4. The topological polar surface area (TPSA) is 58.6 Å². The highest BCUT2D eigenvalue weighted by Crippen LogP contribution is 2.25. The van der Waals surface area contributed by atoms with Crippen molar-refractivity contribution in [2.75, 3.05) is 6.61 Å². The number of hydrogen-bond donors (Lipinski definition) is 1. The third-order valence-electron chi connectivity index (χ3n) is 5.42. The average molecular weight is 447 g/mol. The molecule has 1 N–H and O–H groups in total. The molecule has 0 saturated carbocycles. The molecule has 3 aromatic carbocycles. The Morgan fingerprint density at radius 1 is 1.00 bits per heavy atom. The second-order valence-corrected chi connectivity index (χ2v) is 9.44. The van der Waals surface area contributed by atoms with Crippen LogP contribution in [0.25, 0.3) is 10.8 Å². The fourth-order valence-corrected chi connectivity index (χ4v) is 3.92. The van der Waals surface area contributed by atoms with Gasteiger partial charge in [-0.2, -0.15) is 0 Å². The summed E-state index contributed by atoms with van der Waals surface area (Å²) in [5.74, 6) is 0.278. The van der Waals surface area contributed by atoms with Crippen molar-refractivity contribution < 1.29 is 14.3 Å². The lowest BCUT2D eigenvalue weighted by Crippen LogP contribution is -2.54. The third kappa shape index (κ3) is 6.58. The quantitative estimate of drug-likeness (QED) is 0.514. The lowest BCUT2D eigenvalue weighted by Gasteiger charge is -2.33. The molecule has 2 amide bonds. The Balaban J connectivity index is 1.85. The highest BCUT2D eigenvalue weighted by atomic mass is 16.5. The van der Waals surface area contributed by atoms with Crippen molar-refractivity contribution in [1.82, 2.24) is 10.2 Å². The molecular weight excluding hydrogens is 412 g/mol. The number of aryl methyl sites for hydroxylation is 1. The van der Waals surface area contributed by atoms with E-state index in [4.69, 9.17) is 4.74 Å². The van der Waals surface area contributed by atoms with Gasteiger partial charge in [0.1, 0.15) is 11.8 Å². The smallest absolute Gasteiger partial charge is 0.261 e. The van der Waals surface area contributed by atoms with Gasteiger partial charge in [-0.25, -0.2) is 0 Å². The highest BCUT2D eigenvalue weighted by Gasteiger charge is 2.31. The number of nitrogens with zero attached hydrogens (tertiary/aromatic N) is 1. The van der Waals surface area contributed by atoms with Gasteiger partial charge in [0.05, 0.1) is 0 Å². The number of carbonyl (C=O) groups is 2. The largest absolute Gasteiger partial charge is 0.483 e. The summed E-state index contributed by atoms with van der Waals surface area (Å²) in [4.78, 5) is 28.2. The van der Waals surface area contributed by atoms with Crippen LogP contribution >= 0.6 is 0 Å². The van der Waals surface area contributed by atoms with E-state index in [1.165, 1.54) is 0 Å². The summed E-state index contributed by atoms with van der Waals surface area (Å²) < 4.78 is 5.98. The van der Waals surface area contributed by atoms with Crippen LogP contribution in [0.5, 0.6) is 5.75 Å². The van der Waals surface area contributed by atoms with E-state index < -0.39 is 6.04 Å². The number of amides is 2. The van der Waals surface area contributed by atoms with Crippen LogP contribution in [0, 0.1) is 6.92 Å². The molecule has 0 radical (unpaired) electrons. The molecule has 0 heterocycles. The van der Waals surface area contributed by atoms with E-state index in [1.54, 1.807) is 4.90 Å². The zero-order chi connectivity index (χ0) is 24.0. The molecule has 3 aromatic rings. The molecule has 0 aliphatic heterocycles. The van der Waals surface area contributed by atoms with Crippen LogP contribution in [-0.4, -0.2) is 34.9 Å². The Hall–Kier alpha value is -3.34. The van der Waals surface area contributed by atoms with Crippen molar-refractivity contribution in [1.29, 1.82) is 0 Å². The maximum absolute atomic E-state index is 13.4. The second-order valence-electron chi connectivity index (χ2n) is 9.44. The number of fused-ring (bicyclic) bond motifs is 1. The molecule has 1 atom stereocenters. The second kappa shape index (κ2) is 10.5. The van der Waals surface area contributed by atoms with Crippen molar-refractivity contribution in [2.45, 2.75) is 59.2 Å². The standard InChI is InChI=1S/C28H34N2O3/c1-6-24(27(32)29-28(3,4)5)30(18-21-12-9-11-20(2)17-21)26(31)19-33-25-16-10-14-22-13-7-8-15-23(22)25/h7-17,24H,6,18-19H2,1-5H3,(H,29,32)/t24-/m1/s1. The van der Waals surface area contributed by atoms with Gasteiger partial charge in [0.2, 0.25) is 5.91 Å². The minimum absolute atomic E-state index is 0.140. The molecule has 0 bridgehead atoms. The predicted molar refractivity (Wildman–Crippen MR) is 133 cm³/mol. The fraction of sp³-hybridized carbons (Fsp3) is 0.357. The van der Waals surface area contributed by atoms with Crippen molar-refractivity contribution in [3.05, 3.63) is 77.9 Å². The molecule has 33 heavy (non-hydrogen) atoms. The number of carbonyl (C=O) groups excluding carboxylic acids is 2. The molecule has 3 rings (SSSR count). The average Bonchev–Trinajstić information content (AvgIpc) is 2.76. The van der Waals surface area contributed by atoms with E-state index in [0.717, 1.165) is 21.9 Å². The molecule has 0 aliphatic rings. The lowest BCUT2D eigenvalue weighted by atomic mass is 10.1. The Bertz CT molecular complexity index is 1110. The molecule has 0 saturated heterocycles. The molecule has 0 fully saturated rings. The van der Waals surface area contributed by atoms with Crippen LogP contribution in [0.1, 0.15) is 45.2 Å². The SMILES string of the molecule is CC[C@H](C(=O)NC(C)(C)C)N(Cc1cccc(C)c1)C(=O)COc1cccc2ccccc12. The first-order valence-electron chi connectivity index (χ1n) is 11.5. The number of benzene rings is 3.